The van der Waals surface area contributed by atoms with Crippen LogP contribution in [0.15, 0.2) is 232 Å². The first-order chi connectivity index (χ1) is 45.4. The summed E-state index contributed by atoms with van der Waals surface area (Å²) in [4.78, 5) is 74.5. The van der Waals surface area contributed by atoms with Crippen LogP contribution in [0, 0.1) is 0 Å². The first-order valence-corrected chi connectivity index (χ1v) is 29.9. The Morgan fingerprint density at radius 1 is 0.355 bits per heavy atom. The van der Waals surface area contributed by atoms with Crippen molar-refractivity contribution in [2.45, 2.75) is 43.8 Å². The lowest BCUT2D eigenvalue weighted by atomic mass is 9.68. The van der Waals surface area contributed by atoms with E-state index in [1.54, 1.807) is 60.7 Å². The highest BCUT2D eigenvalue weighted by atomic mass is 16.6. The monoisotopic (exact) mass is 1260 g/mol. The van der Waals surface area contributed by atoms with Gasteiger partial charge >= 0.3 is 36.3 Å². The number of amides is 4. The molecule has 0 bridgehead atoms. The van der Waals surface area contributed by atoms with Gasteiger partial charge in [0.05, 0.1) is 5.41 Å². The molecule has 8 aromatic rings. The molecule has 0 fully saturated rings. The Morgan fingerprint density at radius 2 is 0.731 bits per heavy atom. The molecule has 1 aliphatic rings. The van der Waals surface area contributed by atoms with Crippen LogP contribution in [0.25, 0.3) is 11.1 Å². The number of hydrogen-bond donors (Lipinski definition) is 4. The van der Waals surface area contributed by atoms with Crippen molar-refractivity contribution in [3.63, 3.8) is 0 Å². The number of carbonyl (C=O) groups excluding carboxylic acids is 6. The van der Waals surface area contributed by atoms with Crippen molar-refractivity contribution in [1.29, 1.82) is 0 Å². The van der Waals surface area contributed by atoms with Crippen LogP contribution in [0.1, 0.15) is 44.5 Å². The zero-order valence-electron chi connectivity index (χ0n) is 50.9. The quantitative estimate of drug-likeness (QED) is 0.0133. The Labute approximate surface area is 538 Å². The Hall–Kier alpha value is -11.5. The molecule has 0 saturated heterocycles. The van der Waals surface area contributed by atoms with E-state index in [-0.39, 0.29) is 79.0 Å². The highest BCUT2D eigenvalue weighted by Crippen LogP contribution is 2.56. The van der Waals surface area contributed by atoms with Gasteiger partial charge in [-0.15, -0.1) is 0 Å². The second-order valence-corrected chi connectivity index (χ2v) is 20.9. The Kier molecular flexibility index (Phi) is 24.0. The molecule has 2 atom stereocenters. The maximum Gasteiger partial charge on any atom is 0.407 e. The Morgan fingerprint density at radius 3 is 1.17 bits per heavy atom. The molecule has 0 heterocycles. The second-order valence-electron chi connectivity index (χ2n) is 20.9. The molecule has 2 unspecified atom stereocenters. The fraction of sp³-hybridized carbons (Fsp3) is 0.205. The minimum atomic E-state index is -0.896. The maximum absolute atomic E-state index is 12.8. The van der Waals surface area contributed by atoms with E-state index >= 15 is 0 Å². The van der Waals surface area contributed by atoms with E-state index < -0.39 is 53.9 Å². The highest BCUT2D eigenvalue weighted by molar-refractivity contribution is 5.86. The lowest BCUT2D eigenvalue weighted by Crippen LogP contribution is -2.35. The summed E-state index contributed by atoms with van der Waals surface area (Å²) in [6.45, 7) is 6.97. The van der Waals surface area contributed by atoms with Gasteiger partial charge in [0.2, 0.25) is 0 Å². The third kappa shape index (κ3) is 19.2. The van der Waals surface area contributed by atoms with Gasteiger partial charge in [-0.05, 0) is 104 Å². The van der Waals surface area contributed by atoms with Crippen molar-refractivity contribution < 1.29 is 76.1 Å². The summed E-state index contributed by atoms with van der Waals surface area (Å²) in [6, 6.07) is 65.0. The van der Waals surface area contributed by atoms with Crippen LogP contribution in [0.3, 0.4) is 0 Å². The van der Waals surface area contributed by atoms with E-state index in [4.69, 9.17) is 47.4 Å². The number of carbonyl (C=O) groups is 6. The van der Waals surface area contributed by atoms with Gasteiger partial charge in [0.1, 0.15) is 75.9 Å². The van der Waals surface area contributed by atoms with Crippen molar-refractivity contribution in [2.24, 2.45) is 0 Å². The molecule has 4 N–H and O–H groups in total. The van der Waals surface area contributed by atoms with E-state index in [0.29, 0.717) is 23.0 Å². The molecule has 20 heteroatoms. The van der Waals surface area contributed by atoms with Crippen LogP contribution in [0.2, 0.25) is 0 Å². The molecular formula is C73H70N4O16. The van der Waals surface area contributed by atoms with Crippen molar-refractivity contribution in [1.82, 2.24) is 21.3 Å². The Balaban J connectivity index is 0.711. The normalized spacial score (nSPS) is 12.1. The molecule has 0 radical (unpaired) electrons. The number of hydrogen-bond acceptors (Lipinski definition) is 16. The fourth-order valence-corrected chi connectivity index (χ4v) is 10.2. The SMILES string of the molecule is C=CC(=O)OCC(COc1ccccc1)OC(=O)NCc1cccc(CNC(=O)OCCOc2ccc(C3(c4ccc(OCCOC(=O)NCc5cccc(CNC(=O)OCC(COc6ccccc6)OC(=O)C=C)c5)cc4)c4ccccc4-c4ccccc43)cc2)c1. The lowest BCUT2D eigenvalue weighted by molar-refractivity contribution is -0.146. The van der Waals surface area contributed by atoms with Gasteiger partial charge in [-0.2, -0.15) is 0 Å². The van der Waals surface area contributed by atoms with Gasteiger partial charge in [0, 0.05) is 38.3 Å². The summed E-state index contributed by atoms with van der Waals surface area (Å²) in [7, 11) is 0. The molecule has 1 aliphatic carbocycles. The minimum Gasteiger partial charge on any atom is -0.490 e. The number of ether oxygens (including phenoxy) is 10. The van der Waals surface area contributed by atoms with Crippen LogP contribution in [-0.4, -0.2) is 101 Å². The number of alkyl carbamates (subject to hydrolysis) is 4. The van der Waals surface area contributed by atoms with Gasteiger partial charge in [-0.3, -0.25) is 0 Å². The zero-order valence-corrected chi connectivity index (χ0v) is 50.9. The number of nitrogens with one attached hydrogen (secondary N) is 4. The molecule has 4 amide bonds. The Bertz CT molecular complexity index is 3770. The molecule has 478 valence electrons. The zero-order chi connectivity index (χ0) is 65.0. The van der Waals surface area contributed by atoms with Crippen LogP contribution in [-0.2, 0) is 69.6 Å². The van der Waals surface area contributed by atoms with Crippen molar-refractivity contribution in [3.8, 4) is 34.1 Å². The third-order valence-electron chi connectivity index (χ3n) is 14.5. The van der Waals surface area contributed by atoms with Crippen LogP contribution in [0.5, 0.6) is 23.0 Å². The van der Waals surface area contributed by atoms with E-state index in [2.05, 4.69) is 58.7 Å². The standard InChI is InChI=1S/C73H70N4O16/c1-3-67(78)90-49-62(48-89-58-23-9-6-10-24-58)93-72(83)77-46-54-20-16-18-52(42-54)44-75-70(81)87-40-38-85-60-35-31-56(32-36-60)73(65-27-13-11-25-63(65)64-26-12-14-28-66(64)73)55-29-33-59(34-30-55)84-37-39-86-69(80)74-43-51-17-15-19-53(41-51)45-76-71(82)91-50-61(92-68(79)4-2)47-88-57-21-7-5-8-22-57/h3-36,41-42,61-62H,1-2,37-40,43-50H2,(H,74,80)(H,75,81)(H,76,82)(H,77,83). The van der Waals surface area contributed by atoms with Gasteiger partial charge in [-0.1, -0.05) is 171 Å². The predicted octanol–water partition coefficient (Wildman–Crippen LogP) is 11.5. The molecule has 9 rings (SSSR count). The van der Waals surface area contributed by atoms with Gasteiger partial charge in [-0.25, -0.2) is 28.8 Å². The molecule has 0 spiro atoms. The predicted molar refractivity (Wildman–Crippen MR) is 344 cm³/mol. The van der Waals surface area contributed by atoms with E-state index in [9.17, 15) is 28.8 Å². The van der Waals surface area contributed by atoms with E-state index in [1.807, 2.05) is 121 Å². The van der Waals surface area contributed by atoms with Crippen LogP contribution in [0.4, 0.5) is 19.2 Å². The highest BCUT2D eigenvalue weighted by Gasteiger charge is 2.46. The largest absolute Gasteiger partial charge is 0.490 e. The molecule has 0 aromatic heterocycles. The van der Waals surface area contributed by atoms with Crippen molar-refractivity contribution in [2.75, 3.05) is 52.9 Å². The van der Waals surface area contributed by atoms with Crippen molar-refractivity contribution in [3.05, 3.63) is 276 Å². The molecule has 0 aliphatic heterocycles. The summed E-state index contributed by atoms with van der Waals surface area (Å²) in [5.74, 6) is 0.958. The number of esters is 2. The summed E-state index contributed by atoms with van der Waals surface area (Å²) >= 11 is 0. The number of benzene rings is 8. The first-order valence-electron chi connectivity index (χ1n) is 29.9. The summed E-state index contributed by atoms with van der Waals surface area (Å²) < 4.78 is 55.6. The van der Waals surface area contributed by atoms with Gasteiger partial charge in [0.25, 0.3) is 0 Å². The minimum absolute atomic E-state index is 0.0152. The average Bonchev–Trinajstić information content (AvgIpc) is 1.56. The van der Waals surface area contributed by atoms with Crippen LogP contribution < -0.4 is 40.2 Å². The molecule has 20 nitrogen and oxygen atoms in total. The molecule has 0 saturated carbocycles. The van der Waals surface area contributed by atoms with E-state index in [1.165, 1.54) is 0 Å². The smallest absolute Gasteiger partial charge is 0.407 e. The average molecular weight is 1260 g/mol. The second kappa shape index (κ2) is 33.9. The van der Waals surface area contributed by atoms with Crippen LogP contribution >= 0.6 is 0 Å². The summed E-state index contributed by atoms with van der Waals surface area (Å²) in [6.07, 6.45) is -2.46. The number of rotatable bonds is 32. The maximum atomic E-state index is 12.8. The van der Waals surface area contributed by atoms with Gasteiger partial charge in [0.15, 0.2) is 12.2 Å². The van der Waals surface area contributed by atoms with Crippen molar-refractivity contribution >= 4 is 36.3 Å². The van der Waals surface area contributed by atoms with E-state index in [0.717, 1.165) is 67.8 Å². The summed E-state index contributed by atoms with van der Waals surface area (Å²) in [5, 5.41) is 10.9. The topological polar surface area (TPSA) is 243 Å². The number of fused-ring (bicyclic) bond motifs is 3. The molecule has 8 aromatic carbocycles. The first kappa shape index (κ1) is 65.9. The third-order valence-corrected chi connectivity index (χ3v) is 14.5. The number of para-hydroxylation sites is 2. The molecular weight excluding hydrogens is 1190 g/mol. The summed E-state index contributed by atoms with van der Waals surface area (Å²) in [5.41, 5.74) is 8.79. The van der Waals surface area contributed by atoms with Gasteiger partial charge < -0.3 is 68.6 Å². The lowest BCUT2D eigenvalue weighted by Gasteiger charge is -2.34. The molecule has 93 heavy (non-hydrogen) atoms. The fourth-order valence-electron chi connectivity index (χ4n) is 10.2.